The lowest BCUT2D eigenvalue weighted by Crippen LogP contribution is -2.69. The minimum atomic E-state index is -3.53. The van der Waals surface area contributed by atoms with Gasteiger partial charge >= 0.3 is 0 Å². The van der Waals surface area contributed by atoms with E-state index in [1.807, 2.05) is 13.1 Å². The molecule has 0 amide bonds. The van der Waals surface area contributed by atoms with Gasteiger partial charge in [0.05, 0.1) is 4.90 Å². The molecule has 5 heteroatoms. The molecule has 106 valence electrons. The van der Waals surface area contributed by atoms with E-state index in [1.54, 1.807) is 24.3 Å². The molecule has 3 aliphatic carbocycles. The fraction of sp³-hybridized carbons (Fsp3) is 0.533. The molecule has 20 heavy (non-hydrogen) atoms. The summed E-state index contributed by atoms with van der Waals surface area (Å²) in [6.45, 7) is 1.93. The van der Waals surface area contributed by atoms with E-state index in [0.717, 1.165) is 23.3 Å². The first-order chi connectivity index (χ1) is 9.50. The lowest BCUT2D eigenvalue weighted by Gasteiger charge is -2.74. The molecule has 1 aromatic carbocycles. The van der Waals surface area contributed by atoms with Crippen molar-refractivity contribution >= 4 is 16.2 Å². The van der Waals surface area contributed by atoms with Crippen LogP contribution < -0.4 is 4.83 Å². The Bertz CT molecular complexity index is 666. The summed E-state index contributed by atoms with van der Waals surface area (Å²) in [6.07, 6.45) is 5.64. The number of hydrazone groups is 1. The molecule has 0 spiro atoms. The van der Waals surface area contributed by atoms with E-state index >= 15 is 0 Å². The molecule has 0 aromatic heterocycles. The minimum absolute atomic E-state index is 0.226. The van der Waals surface area contributed by atoms with Gasteiger partial charge in [0.1, 0.15) is 0 Å². The standard InChI is InChI=1S/C15H18N2O2S/c1-10-2-4-13(5-3-10)20(18,19)17-16-9-15-7-11-6-12(8-15)14(11)15/h2-5,9,11-12,14,17H,6-8H2,1H3/b16-9-/t11-,12-,14?,15?/m0/s1. The van der Waals surface area contributed by atoms with Crippen LogP contribution in [-0.2, 0) is 10.0 Å². The van der Waals surface area contributed by atoms with E-state index in [1.165, 1.54) is 19.3 Å². The molecule has 0 unspecified atom stereocenters. The van der Waals surface area contributed by atoms with Crippen LogP contribution in [0.4, 0.5) is 0 Å². The minimum Gasteiger partial charge on any atom is -0.200 e. The van der Waals surface area contributed by atoms with Crippen LogP contribution in [0.15, 0.2) is 34.3 Å². The molecule has 1 N–H and O–H groups in total. The Kier molecular flexibility index (Phi) is 2.38. The summed E-state index contributed by atoms with van der Waals surface area (Å²) in [5.41, 5.74) is 1.26. The molecule has 4 rings (SSSR count). The fourth-order valence-electron chi connectivity index (χ4n) is 4.43. The summed E-state index contributed by atoms with van der Waals surface area (Å²) in [5.74, 6) is 2.60. The van der Waals surface area contributed by atoms with Gasteiger partial charge in [0, 0.05) is 11.6 Å². The predicted octanol–water partition coefficient (Wildman–Crippen LogP) is 2.31. The first-order valence-corrected chi connectivity index (χ1v) is 8.61. The van der Waals surface area contributed by atoms with Crippen molar-refractivity contribution in [3.05, 3.63) is 29.8 Å². The number of rotatable bonds is 4. The molecule has 3 saturated carbocycles. The first-order valence-electron chi connectivity index (χ1n) is 7.13. The van der Waals surface area contributed by atoms with E-state index in [2.05, 4.69) is 9.93 Å². The van der Waals surface area contributed by atoms with Crippen LogP contribution in [0.1, 0.15) is 24.8 Å². The molecule has 3 aliphatic rings. The highest BCUT2D eigenvalue weighted by Crippen LogP contribution is 2.76. The Morgan fingerprint density at radius 2 is 1.90 bits per heavy atom. The van der Waals surface area contributed by atoms with Gasteiger partial charge in [-0.2, -0.15) is 13.5 Å². The van der Waals surface area contributed by atoms with Gasteiger partial charge < -0.3 is 0 Å². The van der Waals surface area contributed by atoms with Crippen LogP contribution in [0.5, 0.6) is 0 Å². The molecule has 0 radical (unpaired) electrons. The Morgan fingerprint density at radius 1 is 1.25 bits per heavy atom. The van der Waals surface area contributed by atoms with E-state index in [-0.39, 0.29) is 10.3 Å². The molecule has 0 heterocycles. The normalized spacial score (nSPS) is 37.5. The summed E-state index contributed by atoms with van der Waals surface area (Å²) < 4.78 is 24.2. The second-order valence-corrected chi connectivity index (χ2v) is 8.25. The van der Waals surface area contributed by atoms with Crippen molar-refractivity contribution in [3.8, 4) is 0 Å². The zero-order valence-electron chi connectivity index (χ0n) is 11.4. The van der Waals surface area contributed by atoms with Crippen LogP contribution >= 0.6 is 0 Å². The maximum atomic E-state index is 12.1. The lowest BCUT2D eigenvalue weighted by molar-refractivity contribution is -0.227. The van der Waals surface area contributed by atoms with Gasteiger partial charge in [-0.3, -0.25) is 0 Å². The third kappa shape index (κ3) is 1.59. The second kappa shape index (κ2) is 3.85. The van der Waals surface area contributed by atoms with Crippen LogP contribution in [0, 0.1) is 30.1 Å². The maximum absolute atomic E-state index is 12.1. The van der Waals surface area contributed by atoms with Gasteiger partial charge in [-0.05, 0) is 56.1 Å². The number of benzene rings is 1. The van der Waals surface area contributed by atoms with Crippen LogP contribution in [0.3, 0.4) is 0 Å². The SMILES string of the molecule is Cc1ccc(S(=O)(=O)N/N=C\C23C[C@@H]4C[C@@H](C2)C43)cc1. The Hall–Kier alpha value is -1.36. The summed E-state index contributed by atoms with van der Waals surface area (Å²) in [6, 6.07) is 6.79. The van der Waals surface area contributed by atoms with Gasteiger partial charge in [0.25, 0.3) is 10.0 Å². The Morgan fingerprint density at radius 3 is 2.45 bits per heavy atom. The largest absolute Gasteiger partial charge is 0.276 e. The summed E-state index contributed by atoms with van der Waals surface area (Å²) in [4.78, 5) is 2.61. The van der Waals surface area contributed by atoms with Gasteiger partial charge in [-0.15, -0.1) is 0 Å². The van der Waals surface area contributed by atoms with Crippen molar-refractivity contribution in [1.29, 1.82) is 0 Å². The van der Waals surface area contributed by atoms with Crippen molar-refractivity contribution in [2.75, 3.05) is 0 Å². The zero-order chi connectivity index (χ0) is 14.0. The molecular formula is C15H18N2O2S. The highest BCUT2D eigenvalue weighted by Gasteiger charge is 2.70. The molecule has 4 nitrogen and oxygen atoms in total. The molecular weight excluding hydrogens is 272 g/mol. The molecule has 0 bridgehead atoms. The van der Waals surface area contributed by atoms with Gasteiger partial charge in [-0.25, -0.2) is 4.83 Å². The molecule has 2 atom stereocenters. The topological polar surface area (TPSA) is 58.5 Å². The van der Waals surface area contributed by atoms with E-state index in [4.69, 9.17) is 0 Å². The van der Waals surface area contributed by atoms with Crippen LogP contribution in [-0.4, -0.2) is 14.6 Å². The van der Waals surface area contributed by atoms with Crippen molar-refractivity contribution in [1.82, 2.24) is 4.83 Å². The fourth-order valence-corrected chi connectivity index (χ4v) is 5.22. The number of hydrogen-bond acceptors (Lipinski definition) is 3. The number of sulfonamides is 1. The van der Waals surface area contributed by atoms with Gasteiger partial charge in [0.2, 0.25) is 0 Å². The highest BCUT2D eigenvalue weighted by molar-refractivity contribution is 7.89. The number of nitrogens with zero attached hydrogens (tertiary/aromatic N) is 1. The van der Waals surface area contributed by atoms with Crippen molar-refractivity contribution in [2.45, 2.75) is 31.1 Å². The molecule has 0 saturated heterocycles. The van der Waals surface area contributed by atoms with Crippen molar-refractivity contribution in [2.24, 2.45) is 28.3 Å². The van der Waals surface area contributed by atoms with Crippen molar-refractivity contribution in [3.63, 3.8) is 0 Å². The summed E-state index contributed by atoms with van der Waals surface area (Å²) in [7, 11) is -3.53. The Labute approximate surface area is 119 Å². The average Bonchev–Trinajstić information content (AvgIpc) is 2.38. The number of hydrogen-bond donors (Lipinski definition) is 1. The smallest absolute Gasteiger partial charge is 0.200 e. The van der Waals surface area contributed by atoms with Gasteiger partial charge in [0.15, 0.2) is 0 Å². The monoisotopic (exact) mass is 290 g/mol. The Balaban J connectivity index is 1.45. The van der Waals surface area contributed by atoms with Crippen LogP contribution in [0.2, 0.25) is 0 Å². The first kappa shape index (κ1) is 12.4. The highest BCUT2D eigenvalue weighted by atomic mass is 32.2. The third-order valence-corrected chi connectivity index (χ3v) is 6.63. The quantitative estimate of drug-likeness (QED) is 0.683. The summed E-state index contributed by atoms with van der Waals surface area (Å²) >= 11 is 0. The average molecular weight is 290 g/mol. The van der Waals surface area contributed by atoms with E-state index < -0.39 is 10.0 Å². The number of nitrogens with one attached hydrogen (secondary N) is 1. The zero-order valence-corrected chi connectivity index (χ0v) is 12.2. The van der Waals surface area contributed by atoms with Crippen LogP contribution in [0.25, 0.3) is 0 Å². The predicted molar refractivity (Wildman–Crippen MR) is 76.7 cm³/mol. The second-order valence-electron chi connectivity index (χ2n) is 6.59. The lowest BCUT2D eigenvalue weighted by atomic mass is 9.29. The third-order valence-electron chi connectivity index (χ3n) is 5.40. The van der Waals surface area contributed by atoms with E-state index in [0.29, 0.717) is 0 Å². The number of aryl methyl sites for hydroxylation is 1. The van der Waals surface area contributed by atoms with E-state index in [9.17, 15) is 8.42 Å². The molecule has 3 fully saturated rings. The van der Waals surface area contributed by atoms with Gasteiger partial charge in [-0.1, -0.05) is 17.7 Å². The summed E-state index contributed by atoms with van der Waals surface area (Å²) in [5, 5.41) is 4.03. The van der Waals surface area contributed by atoms with Crippen molar-refractivity contribution < 1.29 is 8.42 Å². The molecule has 1 aromatic rings. The molecule has 0 aliphatic heterocycles. The maximum Gasteiger partial charge on any atom is 0.276 e.